The molecular formula is C25H33NO4. The summed E-state index contributed by atoms with van der Waals surface area (Å²) < 4.78 is 10.8. The third kappa shape index (κ3) is 4.07. The van der Waals surface area contributed by atoms with E-state index in [0.29, 0.717) is 12.8 Å². The summed E-state index contributed by atoms with van der Waals surface area (Å²) in [5, 5.41) is 0. The first-order valence-corrected chi connectivity index (χ1v) is 11.2. The number of benzene rings is 1. The first-order valence-electron chi connectivity index (χ1n) is 11.2. The zero-order valence-corrected chi connectivity index (χ0v) is 18.6. The average Bonchev–Trinajstić information content (AvgIpc) is 3.16. The van der Waals surface area contributed by atoms with Crippen molar-refractivity contribution in [3.05, 3.63) is 47.2 Å². The molecule has 1 aliphatic carbocycles. The van der Waals surface area contributed by atoms with E-state index in [1.165, 1.54) is 5.57 Å². The van der Waals surface area contributed by atoms with Crippen molar-refractivity contribution in [3.8, 4) is 0 Å². The molecule has 1 heterocycles. The summed E-state index contributed by atoms with van der Waals surface area (Å²) in [6.45, 7) is 8.25. The summed E-state index contributed by atoms with van der Waals surface area (Å²) in [5.41, 5.74) is 3.04. The summed E-state index contributed by atoms with van der Waals surface area (Å²) in [6.07, 6.45) is 3.91. The lowest BCUT2D eigenvalue weighted by Gasteiger charge is -2.30. The van der Waals surface area contributed by atoms with E-state index in [0.717, 1.165) is 36.2 Å². The number of nitrogens with zero attached hydrogens (tertiary/aromatic N) is 1. The molecule has 0 amide bonds. The maximum Gasteiger partial charge on any atom is 0.323 e. The molecule has 0 radical (unpaired) electrons. The Balaban J connectivity index is 2.08. The van der Waals surface area contributed by atoms with Crippen molar-refractivity contribution >= 4 is 17.7 Å². The van der Waals surface area contributed by atoms with Crippen LogP contribution in [0.15, 0.2) is 46.6 Å². The van der Waals surface area contributed by atoms with Crippen LogP contribution in [0.4, 0.5) is 0 Å². The van der Waals surface area contributed by atoms with E-state index in [-0.39, 0.29) is 25.0 Å². The molecule has 2 aliphatic rings. The minimum absolute atomic E-state index is 0.00299. The van der Waals surface area contributed by atoms with Crippen molar-refractivity contribution in [3.63, 3.8) is 0 Å². The molecule has 162 valence electrons. The van der Waals surface area contributed by atoms with Gasteiger partial charge in [0.2, 0.25) is 0 Å². The van der Waals surface area contributed by atoms with E-state index in [1.54, 1.807) is 13.8 Å². The van der Waals surface area contributed by atoms with Crippen LogP contribution in [-0.2, 0) is 19.1 Å². The van der Waals surface area contributed by atoms with Gasteiger partial charge in [-0.2, -0.15) is 0 Å². The highest BCUT2D eigenvalue weighted by Crippen LogP contribution is 2.54. The van der Waals surface area contributed by atoms with E-state index in [9.17, 15) is 9.59 Å². The third-order valence-electron chi connectivity index (χ3n) is 6.38. The molecular weight excluding hydrogens is 378 g/mol. The van der Waals surface area contributed by atoms with Gasteiger partial charge in [-0.3, -0.25) is 14.6 Å². The predicted octanol–water partition coefficient (Wildman–Crippen LogP) is 5.09. The van der Waals surface area contributed by atoms with Gasteiger partial charge in [0.1, 0.15) is 0 Å². The topological polar surface area (TPSA) is 65.0 Å². The number of carbonyl (C=O) groups excluding carboxylic acids is 2. The molecule has 0 saturated heterocycles. The Hall–Kier alpha value is -2.43. The molecule has 0 aromatic heterocycles. The molecule has 3 rings (SSSR count). The molecule has 5 heteroatoms. The first kappa shape index (κ1) is 22.3. The molecule has 1 fully saturated rings. The predicted molar refractivity (Wildman–Crippen MR) is 117 cm³/mol. The Labute approximate surface area is 179 Å². The monoisotopic (exact) mass is 411 g/mol. The molecule has 0 N–H and O–H groups in total. The summed E-state index contributed by atoms with van der Waals surface area (Å²) >= 11 is 0. The minimum Gasteiger partial charge on any atom is -0.465 e. The fraction of sp³-hybridized carbons (Fsp3) is 0.560. The van der Waals surface area contributed by atoms with Gasteiger partial charge in [-0.25, -0.2) is 0 Å². The standard InChI is InChI=1S/C25H33NO4/c1-5-8-14-19-17(4)26-22(18-12-10-9-11-13-18)21-16-25(15-20(19)21,23(27)29-6-2)24(28)30-7-3/h9-13,20-21H,5-8,14-16H2,1-4H3. The number of allylic oxidation sites excluding steroid dienone is 2. The summed E-state index contributed by atoms with van der Waals surface area (Å²) in [6, 6.07) is 10.1. The molecule has 0 spiro atoms. The number of fused-ring (bicyclic) bond motifs is 1. The van der Waals surface area contributed by atoms with Gasteiger partial charge in [-0.1, -0.05) is 43.7 Å². The van der Waals surface area contributed by atoms with Crippen molar-refractivity contribution < 1.29 is 19.1 Å². The van der Waals surface area contributed by atoms with Crippen LogP contribution in [-0.4, -0.2) is 30.9 Å². The molecule has 1 aliphatic heterocycles. The highest BCUT2D eigenvalue weighted by atomic mass is 16.6. The Morgan fingerprint density at radius 2 is 1.60 bits per heavy atom. The highest BCUT2D eigenvalue weighted by molar-refractivity contribution is 6.07. The smallest absolute Gasteiger partial charge is 0.323 e. The lowest BCUT2D eigenvalue weighted by Crippen LogP contribution is -2.40. The van der Waals surface area contributed by atoms with Crippen LogP contribution in [0.2, 0.25) is 0 Å². The third-order valence-corrected chi connectivity index (χ3v) is 6.38. The van der Waals surface area contributed by atoms with Gasteiger partial charge < -0.3 is 9.47 Å². The van der Waals surface area contributed by atoms with Crippen LogP contribution in [0.1, 0.15) is 65.4 Å². The van der Waals surface area contributed by atoms with Gasteiger partial charge in [0.15, 0.2) is 5.41 Å². The van der Waals surface area contributed by atoms with Gasteiger partial charge in [-0.15, -0.1) is 0 Å². The molecule has 0 bridgehead atoms. The summed E-state index contributed by atoms with van der Waals surface area (Å²) in [5.74, 6) is -0.828. The molecule has 1 saturated carbocycles. The van der Waals surface area contributed by atoms with Crippen LogP contribution in [0, 0.1) is 17.3 Å². The Bertz CT molecular complexity index is 822. The van der Waals surface area contributed by atoms with Crippen molar-refractivity contribution in [2.24, 2.45) is 22.2 Å². The van der Waals surface area contributed by atoms with Crippen LogP contribution in [0.25, 0.3) is 0 Å². The number of unbranched alkanes of at least 4 members (excludes halogenated alkanes) is 1. The summed E-state index contributed by atoms with van der Waals surface area (Å²) in [4.78, 5) is 31.2. The number of esters is 2. The maximum absolute atomic E-state index is 13.1. The fourth-order valence-corrected chi connectivity index (χ4v) is 4.95. The second-order valence-corrected chi connectivity index (χ2v) is 8.22. The van der Waals surface area contributed by atoms with Crippen LogP contribution in [0.5, 0.6) is 0 Å². The first-order chi connectivity index (χ1) is 14.5. The van der Waals surface area contributed by atoms with Crippen LogP contribution < -0.4 is 0 Å². The van der Waals surface area contributed by atoms with E-state index >= 15 is 0 Å². The molecule has 2 unspecified atom stereocenters. The van der Waals surface area contributed by atoms with Crippen molar-refractivity contribution in [2.75, 3.05) is 13.2 Å². The SMILES string of the molecule is CCCCC1=C(C)N=C(c2ccccc2)C2CC(C(=O)OCC)(C(=O)OCC)CC12. The number of carbonyl (C=O) groups is 2. The van der Waals surface area contributed by atoms with E-state index < -0.39 is 17.4 Å². The second-order valence-electron chi connectivity index (χ2n) is 8.22. The maximum atomic E-state index is 13.1. The Morgan fingerprint density at radius 1 is 1.00 bits per heavy atom. The molecule has 2 atom stereocenters. The fourth-order valence-electron chi connectivity index (χ4n) is 4.95. The van der Waals surface area contributed by atoms with E-state index in [1.807, 2.05) is 18.2 Å². The molecule has 1 aromatic carbocycles. The summed E-state index contributed by atoms with van der Waals surface area (Å²) in [7, 11) is 0. The normalized spacial score (nSPS) is 22.3. The molecule has 1 aromatic rings. The van der Waals surface area contributed by atoms with Crippen molar-refractivity contribution in [1.29, 1.82) is 0 Å². The number of hydrogen-bond donors (Lipinski definition) is 0. The Morgan fingerprint density at radius 3 is 2.17 bits per heavy atom. The van der Waals surface area contributed by atoms with Gasteiger partial charge >= 0.3 is 11.9 Å². The van der Waals surface area contributed by atoms with Gasteiger partial charge in [0.05, 0.1) is 18.9 Å². The molecule has 30 heavy (non-hydrogen) atoms. The molecule has 5 nitrogen and oxygen atoms in total. The zero-order chi connectivity index (χ0) is 21.7. The van der Waals surface area contributed by atoms with Crippen LogP contribution >= 0.6 is 0 Å². The lowest BCUT2D eigenvalue weighted by molar-refractivity contribution is -0.171. The zero-order valence-electron chi connectivity index (χ0n) is 18.6. The largest absolute Gasteiger partial charge is 0.465 e. The number of ether oxygens (including phenoxy) is 2. The van der Waals surface area contributed by atoms with Crippen molar-refractivity contribution in [2.45, 2.75) is 59.8 Å². The quantitative estimate of drug-likeness (QED) is 0.441. The van der Waals surface area contributed by atoms with Gasteiger partial charge in [0, 0.05) is 11.6 Å². The highest BCUT2D eigenvalue weighted by Gasteiger charge is 2.59. The average molecular weight is 412 g/mol. The van der Waals surface area contributed by atoms with E-state index in [4.69, 9.17) is 14.5 Å². The van der Waals surface area contributed by atoms with Gasteiger partial charge in [0.25, 0.3) is 0 Å². The lowest BCUT2D eigenvalue weighted by atomic mass is 9.78. The number of aliphatic imine (C=N–C) groups is 1. The Kier molecular flexibility index (Phi) is 7.11. The van der Waals surface area contributed by atoms with E-state index in [2.05, 4.69) is 26.0 Å². The number of rotatable bonds is 8. The van der Waals surface area contributed by atoms with Gasteiger partial charge in [-0.05, 0) is 63.5 Å². The number of hydrogen-bond acceptors (Lipinski definition) is 5. The minimum atomic E-state index is -1.26. The second kappa shape index (κ2) is 9.59. The van der Waals surface area contributed by atoms with Crippen LogP contribution in [0.3, 0.4) is 0 Å². The van der Waals surface area contributed by atoms with Crippen molar-refractivity contribution in [1.82, 2.24) is 0 Å².